The zero-order valence-corrected chi connectivity index (χ0v) is 29.9. The fourth-order valence-electron chi connectivity index (χ4n) is 10.8. The lowest BCUT2D eigenvalue weighted by atomic mass is 9.78. The predicted molar refractivity (Wildman–Crippen MR) is 223 cm³/mol. The number of hydrogen-bond donors (Lipinski definition) is 0. The molecule has 52 heavy (non-hydrogen) atoms. The van der Waals surface area contributed by atoms with Crippen molar-refractivity contribution in [3.05, 3.63) is 167 Å². The molecule has 0 saturated carbocycles. The van der Waals surface area contributed by atoms with Crippen LogP contribution in [0.2, 0.25) is 0 Å². The highest BCUT2D eigenvalue weighted by molar-refractivity contribution is 6.36. The van der Waals surface area contributed by atoms with Gasteiger partial charge in [0.2, 0.25) is 0 Å². The minimum atomic E-state index is 0.384. The quantitative estimate of drug-likeness (QED) is 0.162. The van der Waals surface area contributed by atoms with Crippen molar-refractivity contribution < 1.29 is 0 Å². The lowest BCUT2D eigenvalue weighted by molar-refractivity contribution is 0.707. The van der Waals surface area contributed by atoms with E-state index < -0.39 is 0 Å². The van der Waals surface area contributed by atoms with E-state index >= 15 is 0 Å². The smallest absolute Gasteiger partial charge is 0.0199 e. The molecule has 0 fully saturated rings. The van der Waals surface area contributed by atoms with E-state index in [1.165, 1.54) is 132 Å². The Labute approximate surface area is 304 Å². The van der Waals surface area contributed by atoms with Gasteiger partial charge in [-0.2, -0.15) is 0 Å². The van der Waals surface area contributed by atoms with Crippen LogP contribution in [0.25, 0.3) is 98.7 Å². The molecule has 0 aliphatic heterocycles. The summed E-state index contributed by atoms with van der Waals surface area (Å²) < 4.78 is 0. The van der Waals surface area contributed by atoms with Gasteiger partial charge in [-0.05, 0) is 156 Å². The maximum Gasteiger partial charge on any atom is 0.0199 e. The average Bonchev–Trinajstić information content (AvgIpc) is 3.62. The molecule has 4 aliphatic rings. The molecule has 0 amide bonds. The van der Waals surface area contributed by atoms with Crippen molar-refractivity contribution >= 4 is 54.2 Å². The first-order valence-corrected chi connectivity index (χ1v) is 18.7. The standard InChI is InChI=1S/C52H36/c1-27-18-28(2)21-35(20-27)47-42-25-40-37-12-6-9-31-10-7-13-38(46(31)37)41(40)26-43(42)48(36-22-29(3)19-30(4)23-36)52-44-24-34-11-5-8-32-14-15-33-16-17-39(51(47)52)50(44)49(33)45(32)34/h5-26,31,46H,1-4H3. The lowest BCUT2D eigenvalue weighted by Crippen LogP contribution is -2.13. The zero-order chi connectivity index (χ0) is 34.6. The van der Waals surface area contributed by atoms with E-state index in [9.17, 15) is 0 Å². The second kappa shape index (κ2) is 9.87. The van der Waals surface area contributed by atoms with Gasteiger partial charge in [0.25, 0.3) is 0 Å². The van der Waals surface area contributed by atoms with Crippen LogP contribution in [-0.4, -0.2) is 0 Å². The first kappa shape index (κ1) is 28.7. The minimum Gasteiger partial charge on any atom is -0.0767 e. The Balaban J connectivity index is 1.34. The van der Waals surface area contributed by atoms with E-state index in [1.807, 2.05) is 0 Å². The fourth-order valence-corrected chi connectivity index (χ4v) is 10.8. The molecule has 0 aromatic heterocycles. The predicted octanol–water partition coefficient (Wildman–Crippen LogP) is 14.1. The normalized spacial score (nSPS) is 17.7. The van der Waals surface area contributed by atoms with Crippen molar-refractivity contribution in [2.75, 3.05) is 0 Å². The Morgan fingerprint density at radius 2 is 0.923 bits per heavy atom. The summed E-state index contributed by atoms with van der Waals surface area (Å²) in [6, 6.07) is 38.2. The van der Waals surface area contributed by atoms with E-state index in [4.69, 9.17) is 0 Å². The molecule has 2 atom stereocenters. The Morgan fingerprint density at radius 1 is 0.404 bits per heavy atom. The molecule has 0 spiro atoms. The van der Waals surface area contributed by atoms with Crippen LogP contribution < -0.4 is 0 Å². The van der Waals surface area contributed by atoms with Crippen LogP contribution in [0.1, 0.15) is 33.4 Å². The molecule has 8 aromatic rings. The van der Waals surface area contributed by atoms with Crippen LogP contribution in [-0.2, 0) is 0 Å². The number of rotatable bonds is 2. The van der Waals surface area contributed by atoms with Crippen LogP contribution in [0.4, 0.5) is 0 Å². The Hall–Kier alpha value is -5.98. The number of allylic oxidation sites excluding steroid dienone is 8. The van der Waals surface area contributed by atoms with E-state index in [-0.39, 0.29) is 0 Å². The van der Waals surface area contributed by atoms with E-state index in [1.54, 1.807) is 0 Å². The highest BCUT2D eigenvalue weighted by Gasteiger charge is 2.39. The molecule has 8 aromatic carbocycles. The van der Waals surface area contributed by atoms with E-state index in [0.717, 1.165) is 0 Å². The largest absolute Gasteiger partial charge is 0.0767 e. The van der Waals surface area contributed by atoms with Gasteiger partial charge in [-0.25, -0.2) is 0 Å². The molecule has 0 bridgehead atoms. The van der Waals surface area contributed by atoms with Crippen molar-refractivity contribution in [1.82, 2.24) is 0 Å². The van der Waals surface area contributed by atoms with Crippen LogP contribution >= 0.6 is 0 Å². The van der Waals surface area contributed by atoms with Gasteiger partial charge in [-0.3, -0.25) is 0 Å². The molecule has 0 heteroatoms. The molecule has 0 N–H and O–H groups in total. The van der Waals surface area contributed by atoms with Crippen LogP contribution in [0.5, 0.6) is 0 Å². The van der Waals surface area contributed by atoms with Gasteiger partial charge >= 0.3 is 0 Å². The molecule has 0 heterocycles. The van der Waals surface area contributed by atoms with Gasteiger partial charge in [0, 0.05) is 11.8 Å². The lowest BCUT2D eigenvalue weighted by Gasteiger charge is -2.25. The molecule has 0 saturated heterocycles. The van der Waals surface area contributed by atoms with Gasteiger partial charge in [0.1, 0.15) is 0 Å². The third kappa shape index (κ3) is 3.62. The molecule has 244 valence electrons. The van der Waals surface area contributed by atoms with Crippen molar-refractivity contribution in [3.8, 4) is 44.5 Å². The summed E-state index contributed by atoms with van der Waals surface area (Å²) in [4.78, 5) is 0. The van der Waals surface area contributed by atoms with Crippen LogP contribution in [0, 0.1) is 39.5 Å². The SMILES string of the molecule is Cc1cc(C)cc(-c2c3c(c(-c4cc(C)cc(C)c4)c4cc5c(cc24)C2=CC=CC4C=CC=C5C24)-c2cc4cccc5ccc6ccc-3c2c6c54)c1. The van der Waals surface area contributed by atoms with Crippen molar-refractivity contribution in [2.45, 2.75) is 27.7 Å². The topological polar surface area (TPSA) is 0 Å². The molecule has 2 unspecified atom stereocenters. The van der Waals surface area contributed by atoms with Gasteiger partial charge in [0.05, 0.1) is 0 Å². The second-order valence-electron chi connectivity index (χ2n) is 15.9. The molecule has 0 radical (unpaired) electrons. The number of hydrogen-bond acceptors (Lipinski definition) is 0. The first-order valence-electron chi connectivity index (χ1n) is 18.7. The third-order valence-corrected chi connectivity index (χ3v) is 12.5. The summed E-state index contributed by atoms with van der Waals surface area (Å²) in [6.45, 7) is 8.99. The van der Waals surface area contributed by atoms with Crippen LogP contribution in [0.3, 0.4) is 0 Å². The fraction of sp³-hybridized carbons (Fsp3) is 0.115. The summed E-state index contributed by atoms with van der Waals surface area (Å²) in [5.74, 6) is 0.790. The number of fused-ring (bicyclic) bond motifs is 7. The highest BCUT2D eigenvalue weighted by atomic mass is 14.4. The van der Waals surface area contributed by atoms with Gasteiger partial charge in [-0.15, -0.1) is 0 Å². The molecular formula is C52H36. The average molecular weight is 661 g/mol. The highest BCUT2D eigenvalue weighted by Crippen LogP contribution is 2.61. The van der Waals surface area contributed by atoms with E-state index in [0.29, 0.717) is 11.8 Å². The van der Waals surface area contributed by atoms with Gasteiger partial charge < -0.3 is 0 Å². The summed E-state index contributed by atoms with van der Waals surface area (Å²) in [5, 5.41) is 10.8. The number of aryl methyl sites for hydroxylation is 4. The maximum absolute atomic E-state index is 2.59. The van der Waals surface area contributed by atoms with Crippen molar-refractivity contribution in [2.24, 2.45) is 11.8 Å². The molecule has 12 rings (SSSR count). The summed E-state index contributed by atoms with van der Waals surface area (Å²) in [6.07, 6.45) is 14.1. The summed E-state index contributed by atoms with van der Waals surface area (Å²) in [5.41, 5.74) is 21.7. The zero-order valence-electron chi connectivity index (χ0n) is 29.9. The molecule has 4 aliphatic carbocycles. The Bertz CT molecular complexity index is 3060. The number of benzene rings is 8. The molecule has 0 nitrogen and oxygen atoms in total. The Morgan fingerprint density at radius 3 is 1.52 bits per heavy atom. The maximum atomic E-state index is 2.59. The third-order valence-electron chi connectivity index (χ3n) is 12.5. The summed E-state index contributed by atoms with van der Waals surface area (Å²) >= 11 is 0. The van der Waals surface area contributed by atoms with E-state index in [2.05, 4.69) is 161 Å². The first-order chi connectivity index (χ1) is 25.4. The molecular weight excluding hydrogens is 625 g/mol. The summed E-state index contributed by atoms with van der Waals surface area (Å²) in [7, 11) is 0. The van der Waals surface area contributed by atoms with Gasteiger partial charge in [-0.1, -0.05) is 138 Å². The van der Waals surface area contributed by atoms with Crippen molar-refractivity contribution in [3.63, 3.8) is 0 Å². The minimum absolute atomic E-state index is 0.384. The van der Waals surface area contributed by atoms with Gasteiger partial charge in [0.15, 0.2) is 0 Å². The monoisotopic (exact) mass is 660 g/mol. The Kier molecular flexibility index (Phi) is 5.44. The second-order valence-corrected chi connectivity index (χ2v) is 15.9. The van der Waals surface area contributed by atoms with Crippen molar-refractivity contribution in [1.29, 1.82) is 0 Å². The van der Waals surface area contributed by atoms with Crippen LogP contribution in [0.15, 0.2) is 134 Å².